The number of dihydropyridines is 1. The van der Waals surface area contributed by atoms with Crippen molar-refractivity contribution < 1.29 is 19.8 Å². The second kappa shape index (κ2) is 8.84. The number of nitrogens with one attached hydrogen (secondary N) is 1. The molecule has 7 nitrogen and oxygen atoms in total. The van der Waals surface area contributed by atoms with Crippen LogP contribution in [0.5, 0.6) is 0 Å². The Labute approximate surface area is 205 Å². The largest absolute Gasteiger partial charge is 0.480 e. The van der Waals surface area contributed by atoms with Crippen molar-refractivity contribution in [2.45, 2.75) is 98.9 Å². The molecule has 0 spiro atoms. The Morgan fingerprint density at radius 2 is 1.82 bits per heavy atom. The Kier molecular flexibility index (Phi) is 5.95. The minimum Gasteiger partial charge on any atom is -0.480 e. The first-order valence-electron chi connectivity index (χ1n) is 13.3. The lowest BCUT2D eigenvalue weighted by Crippen LogP contribution is -2.62. The summed E-state index contributed by atoms with van der Waals surface area (Å²) in [5, 5.41) is 24.3. The molecule has 6 fully saturated rings. The van der Waals surface area contributed by atoms with Gasteiger partial charge in [0.15, 0.2) is 0 Å². The van der Waals surface area contributed by atoms with Gasteiger partial charge in [0.1, 0.15) is 17.3 Å². The number of amidine groups is 1. The highest BCUT2D eigenvalue weighted by atomic mass is 32.2. The quantitative estimate of drug-likeness (QED) is 0.551. The molecule has 8 heteroatoms. The summed E-state index contributed by atoms with van der Waals surface area (Å²) < 4.78 is 0. The number of nitrogens with zero attached hydrogens (tertiary/aromatic N) is 2. The highest BCUT2D eigenvalue weighted by molar-refractivity contribution is 8.00. The molecule has 1 saturated heterocycles. The number of aliphatic carboxylic acids is 1. The predicted octanol–water partition coefficient (Wildman–Crippen LogP) is 3.18. The van der Waals surface area contributed by atoms with Crippen LogP contribution in [-0.4, -0.2) is 67.7 Å². The maximum absolute atomic E-state index is 13.6. The van der Waals surface area contributed by atoms with E-state index in [1.807, 2.05) is 28.8 Å². The molecule has 7 aliphatic rings. The number of aliphatic imine (C=N–C) groups is 1. The lowest BCUT2D eigenvalue weighted by atomic mass is 9.52. The fourth-order valence-electron chi connectivity index (χ4n) is 8.04. The van der Waals surface area contributed by atoms with Crippen LogP contribution in [0.15, 0.2) is 17.1 Å². The summed E-state index contributed by atoms with van der Waals surface area (Å²) in [6, 6.07) is -0.361. The van der Waals surface area contributed by atoms with Gasteiger partial charge >= 0.3 is 5.97 Å². The van der Waals surface area contributed by atoms with E-state index >= 15 is 0 Å². The summed E-state index contributed by atoms with van der Waals surface area (Å²) in [5.74, 6) is 1.03. The van der Waals surface area contributed by atoms with Gasteiger partial charge in [0.25, 0.3) is 0 Å². The molecule has 0 aromatic carbocycles. The molecule has 0 aromatic heterocycles. The summed E-state index contributed by atoms with van der Waals surface area (Å²) in [6.45, 7) is 0.702. The van der Waals surface area contributed by atoms with Crippen LogP contribution in [-0.2, 0) is 9.59 Å². The number of hydrogen-bond acceptors (Lipinski definition) is 6. The number of carboxylic acids is 1. The number of aliphatic hydroxyl groups is 1. The monoisotopic (exact) mass is 487 g/mol. The molecule has 4 bridgehead atoms. The van der Waals surface area contributed by atoms with Crippen molar-refractivity contribution >= 4 is 29.5 Å². The van der Waals surface area contributed by atoms with Gasteiger partial charge in [0.05, 0.1) is 11.5 Å². The fraction of sp³-hybridized carbons (Fsp3) is 0.808. The van der Waals surface area contributed by atoms with Crippen molar-refractivity contribution in [3.8, 4) is 0 Å². The number of thioether (sulfide) groups is 1. The third-order valence-corrected chi connectivity index (χ3v) is 10.9. The molecule has 1 amide bonds. The normalized spacial score (nSPS) is 43.4. The van der Waals surface area contributed by atoms with E-state index in [-0.39, 0.29) is 23.2 Å². The van der Waals surface area contributed by atoms with E-state index in [9.17, 15) is 19.8 Å². The third kappa shape index (κ3) is 4.19. The number of amides is 1. The molecule has 3 N–H and O–H groups in total. The van der Waals surface area contributed by atoms with E-state index in [1.54, 1.807) is 0 Å². The molecule has 5 aliphatic carbocycles. The van der Waals surface area contributed by atoms with Gasteiger partial charge in [-0.25, -0.2) is 4.79 Å². The van der Waals surface area contributed by atoms with Crippen LogP contribution >= 0.6 is 11.8 Å². The zero-order valence-corrected chi connectivity index (χ0v) is 20.6. The lowest BCUT2D eigenvalue weighted by Gasteiger charge is -2.58. The average Bonchev–Trinajstić information content (AvgIpc) is 3.47. The standard InChI is InChI=1S/C26H37N3O4S/c30-23(28-22-16-10-15-11-17(22)14-26(33,12-15)13-16)19-7-8-21(29-9-3-6-20(29)25(31)32)27-24(19)34-18-4-1-2-5-18/h7-8,15-20,22,24,33H,1-6,9-14H2,(H,28,30)(H,31,32)/t15?,16?,17?,19?,20?,22-,24?,26+. The zero-order chi connectivity index (χ0) is 23.4. The molecular weight excluding hydrogens is 450 g/mol. The zero-order valence-electron chi connectivity index (χ0n) is 19.8. The van der Waals surface area contributed by atoms with Crippen LogP contribution in [0.2, 0.25) is 0 Å². The highest BCUT2D eigenvalue weighted by Crippen LogP contribution is 2.55. The van der Waals surface area contributed by atoms with E-state index in [2.05, 4.69) is 5.32 Å². The van der Waals surface area contributed by atoms with Crippen molar-refractivity contribution in [3.63, 3.8) is 0 Å². The van der Waals surface area contributed by atoms with Gasteiger partial charge in [-0.2, -0.15) is 0 Å². The summed E-state index contributed by atoms with van der Waals surface area (Å²) >= 11 is 1.81. The topological polar surface area (TPSA) is 102 Å². The van der Waals surface area contributed by atoms with Gasteiger partial charge in [-0.05, 0) is 81.6 Å². The van der Waals surface area contributed by atoms with Crippen LogP contribution < -0.4 is 5.32 Å². The minimum atomic E-state index is -0.794. The molecule has 186 valence electrons. The second-order valence-corrected chi connectivity index (χ2v) is 13.1. The SMILES string of the molecule is O=C(N[C@H]1C2CC3CC1C[C@@](O)(C3)C2)C1C=CC(N2CCCC2C(=O)O)=NC1SC1CCCC1. The van der Waals surface area contributed by atoms with E-state index in [0.717, 1.165) is 57.2 Å². The molecule has 5 unspecified atom stereocenters. The first kappa shape index (κ1) is 22.9. The smallest absolute Gasteiger partial charge is 0.326 e. The van der Waals surface area contributed by atoms with Crippen molar-refractivity contribution in [2.75, 3.05) is 6.54 Å². The van der Waals surface area contributed by atoms with Crippen molar-refractivity contribution in [1.29, 1.82) is 0 Å². The molecule has 0 radical (unpaired) electrons. The summed E-state index contributed by atoms with van der Waals surface area (Å²) in [4.78, 5) is 32.3. The van der Waals surface area contributed by atoms with E-state index in [0.29, 0.717) is 36.0 Å². The number of likely N-dealkylation sites (tertiary alicyclic amines) is 1. The van der Waals surface area contributed by atoms with Gasteiger partial charge < -0.3 is 20.4 Å². The van der Waals surface area contributed by atoms with E-state index in [4.69, 9.17) is 4.99 Å². The van der Waals surface area contributed by atoms with Crippen LogP contribution in [0.1, 0.15) is 70.6 Å². The van der Waals surface area contributed by atoms with Gasteiger partial charge in [0.2, 0.25) is 5.91 Å². The van der Waals surface area contributed by atoms with Gasteiger partial charge in [-0.1, -0.05) is 18.9 Å². The van der Waals surface area contributed by atoms with Gasteiger partial charge in [-0.15, -0.1) is 11.8 Å². The molecule has 2 aliphatic heterocycles. The molecule has 5 saturated carbocycles. The van der Waals surface area contributed by atoms with Crippen LogP contribution in [0.25, 0.3) is 0 Å². The predicted molar refractivity (Wildman–Crippen MR) is 131 cm³/mol. The lowest BCUT2D eigenvalue weighted by molar-refractivity contribution is -0.147. The Morgan fingerprint density at radius 3 is 2.50 bits per heavy atom. The molecule has 5 atom stereocenters. The third-order valence-electron chi connectivity index (χ3n) is 9.34. The molecule has 2 heterocycles. The Bertz CT molecular complexity index is 884. The van der Waals surface area contributed by atoms with E-state index in [1.165, 1.54) is 12.8 Å². The average molecular weight is 488 g/mol. The van der Waals surface area contributed by atoms with E-state index < -0.39 is 17.6 Å². The molecule has 0 aromatic rings. The number of carbonyl (C=O) groups excluding carboxylic acids is 1. The van der Waals surface area contributed by atoms with Crippen molar-refractivity contribution in [2.24, 2.45) is 28.7 Å². The molecule has 34 heavy (non-hydrogen) atoms. The second-order valence-electron chi connectivity index (χ2n) is 11.7. The highest BCUT2D eigenvalue weighted by Gasteiger charge is 2.55. The first-order chi connectivity index (χ1) is 16.4. The fourth-order valence-corrected chi connectivity index (χ4v) is 9.59. The maximum Gasteiger partial charge on any atom is 0.326 e. The molecule has 7 rings (SSSR count). The van der Waals surface area contributed by atoms with Gasteiger partial charge in [-0.3, -0.25) is 9.79 Å². The summed E-state index contributed by atoms with van der Waals surface area (Å²) in [6.07, 6.45) is 15.0. The van der Waals surface area contributed by atoms with Gasteiger partial charge in [0, 0.05) is 17.8 Å². The Morgan fingerprint density at radius 1 is 1.09 bits per heavy atom. The number of carbonyl (C=O) groups is 2. The summed E-state index contributed by atoms with van der Waals surface area (Å²) in [5.41, 5.74) is -0.501. The minimum absolute atomic E-state index is 0.0511. The van der Waals surface area contributed by atoms with Crippen molar-refractivity contribution in [3.05, 3.63) is 12.2 Å². The Balaban J connectivity index is 1.19. The molecular formula is C26H37N3O4S. The maximum atomic E-state index is 13.6. The Hall–Kier alpha value is -1.54. The summed E-state index contributed by atoms with van der Waals surface area (Å²) in [7, 11) is 0. The first-order valence-corrected chi connectivity index (χ1v) is 14.3. The number of hydrogen-bond donors (Lipinski definition) is 3. The van der Waals surface area contributed by atoms with Crippen LogP contribution in [0.4, 0.5) is 0 Å². The van der Waals surface area contributed by atoms with Crippen LogP contribution in [0.3, 0.4) is 0 Å². The number of rotatable bonds is 5. The van der Waals surface area contributed by atoms with Crippen LogP contribution in [0, 0.1) is 23.7 Å². The van der Waals surface area contributed by atoms with Crippen molar-refractivity contribution in [1.82, 2.24) is 10.2 Å². The number of carboxylic acid groups (broad SMARTS) is 1.